The van der Waals surface area contributed by atoms with E-state index in [1.54, 1.807) is 6.20 Å². The van der Waals surface area contributed by atoms with Crippen LogP contribution >= 0.6 is 0 Å². The first-order valence-corrected chi connectivity index (χ1v) is 9.87. The molecule has 0 aliphatic heterocycles. The van der Waals surface area contributed by atoms with Gasteiger partial charge >= 0.3 is 0 Å². The highest BCUT2D eigenvalue weighted by atomic mass is 32.2. The highest BCUT2D eigenvalue weighted by Crippen LogP contribution is 2.41. The quantitative estimate of drug-likeness (QED) is 0.909. The lowest BCUT2D eigenvalue weighted by molar-refractivity contribution is 0.267. The number of benzene rings is 1. The largest absolute Gasteiger partial charge is 0.279 e. The van der Waals surface area contributed by atoms with Crippen LogP contribution in [-0.4, -0.2) is 36.6 Å². The number of fused-ring (bicyclic) bond motifs is 1. The van der Waals surface area contributed by atoms with Crippen LogP contribution in [0, 0.1) is 12.3 Å². The topological polar surface area (TPSA) is 67.2 Å². The molecule has 1 aromatic heterocycles. The van der Waals surface area contributed by atoms with Crippen molar-refractivity contribution in [1.82, 2.24) is 18.8 Å². The molecule has 6 nitrogen and oxygen atoms in total. The Labute approximate surface area is 150 Å². The summed E-state index contributed by atoms with van der Waals surface area (Å²) < 4.78 is 30.6. The van der Waals surface area contributed by atoms with E-state index in [4.69, 9.17) is 0 Å². The Hall–Kier alpha value is -1.70. The first kappa shape index (κ1) is 18.1. The molecular weight excluding hydrogens is 336 g/mol. The summed E-state index contributed by atoms with van der Waals surface area (Å²) in [6.07, 6.45) is 3.40. The lowest BCUT2D eigenvalue weighted by Crippen LogP contribution is -2.41. The summed E-state index contributed by atoms with van der Waals surface area (Å²) in [5.74, 6) is 0. The molecule has 0 saturated heterocycles. The van der Waals surface area contributed by atoms with Gasteiger partial charge in [-0.15, -0.1) is 0 Å². The highest BCUT2D eigenvalue weighted by Gasteiger charge is 2.37. The Bertz CT molecular complexity index is 867. The number of aryl methyl sites for hydroxylation is 1. The van der Waals surface area contributed by atoms with Crippen molar-refractivity contribution < 1.29 is 8.42 Å². The second kappa shape index (κ2) is 6.23. The van der Waals surface area contributed by atoms with Crippen molar-refractivity contribution in [1.29, 1.82) is 0 Å². The first-order chi connectivity index (χ1) is 11.6. The Morgan fingerprint density at radius 2 is 1.88 bits per heavy atom. The molecule has 0 fully saturated rings. The lowest BCUT2D eigenvalue weighted by atomic mass is 9.74. The third-order valence-electron chi connectivity index (χ3n) is 4.73. The molecule has 25 heavy (non-hydrogen) atoms. The van der Waals surface area contributed by atoms with E-state index in [1.165, 1.54) is 24.0 Å². The van der Waals surface area contributed by atoms with Crippen molar-refractivity contribution in [2.75, 3.05) is 14.1 Å². The molecule has 0 radical (unpaired) electrons. The van der Waals surface area contributed by atoms with Gasteiger partial charge in [-0.25, -0.2) is 4.68 Å². The van der Waals surface area contributed by atoms with Crippen molar-refractivity contribution in [2.45, 2.75) is 39.7 Å². The van der Waals surface area contributed by atoms with E-state index in [0.29, 0.717) is 0 Å². The van der Waals surface area contributed by atoms with Gasteiger partial charge in [-0.1, -0.05) is 31.5 Å². The molecule has 0 amide bonds. The normalized spacial score (nSPS) is 19.8. The van der Waals surface area contributed by atoms with Gasteiger partial charge in [0.1, 0.15) is 0 Å². The summed E-state index contributed by atoms with van der Waals surface area (Å²) in [7, 11) is -0.436. The summed E-state index contributed by atoms with van der Waals surface area (Å²) in [5, 5.41) is 4.56. The fourth-order valence-electron chi connectivity index (χ4n) is 3.34. The molecule has 1 aliphatic rings. The van der Waals surface area contributed by atoms with E-state index in [1.807, 2.05) is 16.8 Å². The maximum absolute atomic E-state index is 12.3. The number of hydrogen-bond donors (Lipinski definition) is 1. The van der Waals surface area contributed by atoms with E-state index < -0.39 is 10.2 Å². The fraction of sp³-hybridized carbons (Fsp3) is 0.500. The second-order valence-electron chi connectivity index (χ2n) is 7.80. The Morgan fingerprint density at radius 3 is 2.48 bits per heavy atom. The Kier molecular flexibility index (Phi) is 4.51. The van der Waals surface area contributed by atoms with Crippen LogP contribution in [-0.2, 0) is 16.6 Å². The van der Waals surface area contributed by atoms with Crippen LogP contribution in [0.1, 0.15) is 43.1 Å². The molecule has 1 N–H and O–H groups in total. The molecular formula is C18H26N4O2S. The predicted octanol–water partition coefficient (Wildman–Crippen LogP) is 2.59. The van der Waals surface area contributed by atoms with E-state index in [-0.39, 0.29) is 11.5 Å². The van der Waals surface area contributed by atoms with Crippen LogP contribution in [0.4, 0.5) is 0 Å². The first-order valence-electron chi connectivity index (χ1n) is 8.43. The molecule has 3 rings (SSSR count). The van der Waals surface area contributed by atoms with Crippen LogP contribution in [0.5, 0.6) is 0 Å². The number of nitrogens with one attached hydrogen (secondary N) is 1. The van der Waals surface area contributed by atoms with Crippen LogP contribution in [0.2, 0.25) is 0 Å². The number of rotatable bonds is 4. The minimum Gasteiger partial charge on any atom is -0.237 e. The molecule has 1 aliphatic carbocycles. The molecule has 7 heteroatoms. The van der Waals surface area contributed by atoms with Gasteiger partial charge in [0.05, 0.1) is 17.9 Å². The van der Waals surface area contributed by atoms with Crippen LogP contribution in [0.15, 0.2) is 30.5 Å². The zero-order valence-electron chi connectivity index (χ0n) is 15.4. The number of aromatic nitrogens is 2. The molecule has 1 unspecified atom stereocenters. The maximum Gasteiger partial charge on any atom is 0.279 e. The monoisotopic (exact) mass is 362 g/mol. The van der Waals surface area contributed by atoms with Gasteiger partial charge in [0.15, 0.2) is 0 Å². The molecule has 0 spiro atoms. The van der Waals surface area contributed by atoms with Crippen molar-refractivity contribution in [3.8, 4) is 5.69 Å². The van der Waals surface area contributed by atoms with Gasteiger partial charge in [-0.3, -0.25) is 0 Å². The fourth-order valence-corrected chi connectivity index (χ4v) is 4.12. The number of hydrogen-bond acceptors (Lipinski definition) is 3. The van der Waals surface area contributed by atoms with Gasteiger partial charge in [0.25, 0.3) is 10.2 Å². The smallest absolute Gasteiger partial charge is 0.237 e. The summed E-state index contributed by atoms with van der Waals surface area (Å²) in [4.78, 5) is 0. The SMILES string of the molecule is Cc1ccc(-n2ncc3c2CC(C)(C)CC3NS(=O)(=O)N(C)C)cc1. The summed E-state index contributed by atoms with van der Waals surface area (Å²) >= 11 is 0. The van der Waals surface area contributed by atoms with Gasteiger partial charge in [0, 0.05) is 25.4 Å². The molecule has 1 aromatic carbocycles. The minimum atomic E-state index is -3.51. The third-order valence-corrected chi connectivity index (χ3v) is 6.27. The van der Waals surface area contributed by atoms with E-state index in [0.717, 1.165) is 29.8 Å². The standard InChI is InChI=1S/C18H26N4O2S/c1-13-6-8-14(9-7-13)22-17-11-18(2,3)10-16(15(17)12-19-22)20-25(23,24)21(4)5/h6-9,12,16,20H,10-11H2,1-5H3. The van der Waals surface area contributed by atoms with Crippen molar-refractivity contribution in [3.63, 3.8) is 0 Å². The zero-order chi connectivity index (χ0) is 18.4. The van der Waals surface area contributed by atoms with E-state index in [9.17, 15) is 8.42 Å². The van der Waals surface area contributed by atoms with Gasteiger partial charge < -0.3 is 0 Å². The van der Waals surface area contributed by atoms with E-state index >= 15 is 0 Å². The van der Waals surface area contributed by atoms with Crippen molar-refractivity contribution in [3.05, 3.63) is 47.3 Å². The molecule has 2 aromatic rings. The lowest BCUT2D eigenvalue weighted by Gasteiger charge is -2.36. The Balaban J connectivity index is 2.03. The van der Waals surface area contributed by atoms with Crippen LogP contribution in [0.25, 0.3) is 5.69 Å². The summed E-state index contributed by atoms with van der Waals surface area (Å²) in [6.45, 7) is 6.39. The minimum absolute atomic E-state index is 0.0189. The molecule has 136 valence electrons. The average Bonchev–Trinajstić information content (AvgIpc) is 2.90. The van der Waals surface area contributed by atoms with Crippen molar-refractivity contribution >= 4 is 10.2 Å². The predicted molar refractivity (Wildman–Crippen MR) is 98.9 cm³/mol. The molecule has 1 atom stereocenters. The van der Waals surface area contributed by atoms with Crippen LogP contribution < -0.4 is 4.72 Å². The van der Waals surface area contributed by atoms with Gasteiger partial charge in [-0.2, -0.15) is 22.5 Å². The van der Waals surface area contributed by atoms with Crippen LogP contribution in [0.3, 0.4) is 0 Å². The van der Waals surface area contributed by atoms with Crippen molar-refractivity contribution in [2.24, 2.45) is 5.41 Å². The summed E-state index contributed by atoms with van der Waals surface area (Å²) in [5.41, 5.74) is 4.21. The summed E-state index contributed by atoms with van der Waals surface area (Å²) in [6, 6.07) is 7.94. The highest BCUT2D eigenvalue weighted by molar-refractivity contribution is 7.87. The zero-order valence-corrected chi connectivity index (χ0v) is 16.3. The third kappa shape index (κ3) is 3.63. The van der Waals surface area contributed by atoms with E-state index in [2.05, 4.69) is 42.7 Å². The maximum atomic E-state index is 12.3. The molecule has 0 bridgehead atoms. The molecule has 1 heterocycles. The van der Waals surface area contributed by atoms with Gasteiger partial charge in [-0.05, 0) is 37.3 Å². The van der Waals surface area contributed by atoms with Gasteiger partial charge in [0.2, 0.25) is 0 Å². The molecule has 0 saturated carbocycles. The second-order valence-corrected chi connectivity index (χ2v) is 9.71. The number of nitrogens with zero attached hydrogens (tertiary/aromatic N) is 3. The Morgan fingerprint density at radius 1 is 1.24 bits per heavy atom. The average molecular weight is 362 g/mol.